The van der Waals surface area contributed by atoms with Gasteiger partial charge in [-0.05, 0) is 0 Å². The third-order valence-corrected chi connectivity index (χ3v) is 11.3. The van der Waals surface area contributed by atoms with E-state index in [0.29, 0.717) is 0 Å². The van der Waals surface area contributed by atoms with Gasteiger partial charge in [0.15, 0.2) is 0 Å². The summed E-state index contributed by atoms with van der Waals surface area (Å²) in [6.45, 7) is 11.0. The van der Waals surface area contributed by atoms with E-state index in [-0.39, 0.29) is 0 Å². The van der Waals surface area contributed by atoms with Gasteiger partial charge in [-0.25, -0.2) is 0 Å². The van der Waals surface area contributed by atoms with E-state index >= 15 is 0 Å². The van der Waals surface area contributed by atoms with Crippen molar-refractivity contribution in [3.63, 3.8) is 0 Å². The summed E-state index contributed by atoms with van der Waals surface area (Å²) in [5.74, 6) is 0. The molecule has 0 atom stereocenters. The van der Waals surface area contributed by atoms with Gasteiger partial charge in [0.1, 0.15) is 0 Å². The van der Waals surface area contributed by atoms with Crippen molar-refractivity contribution in [1.82, 2.24) is 18.7 Å². The predicted octanol–water partition coefficient (Wildman–Crippen LogP) is 2.78. The molecule has 0 aromatic rings. The van der Waals surface area contributed by atoms with E-state index in [1.807, 2.05) is 0 Å². The van der Waals surface area contributed by atoms with E-state index in [1.165, 1.54) is 104 Å². The van der Waals surface area contributed by atoms with Gasteiger partial charge in [-0.1, -0.05) is 0 Å². The fraction of sp³-hybridized carbons (Fsp3) is 1.00. The monoisotopic (exact) mass is 312 g/mol. The van der Waals surface area contributed by atoms with Crippen LogP contribution in [-0.2, 0) is 0 Å². The molecule has 4 aliphatic heterocycles. The second-order valence-corrected chi connectivity index (χ2v) is 11.1. The second kappa shape index (κ2) is 6.41. The first-order valence-corrected chi connectivity index (χ1v) is 11.2. The normalized spacial score (nSPS) is 31.6. The number of nitrogens with zero attached hydrogens (tertiary/aromatic N) is 4. The van der Waals surface area contributed by atoms with E-state index in [9.17, 15) is 0 Å². The van der Waals surface area contributed by atoms with Gasteiger partial charge in [-0.15, -0.1) is 0 Å². The number of hydrogen-bond acceptors (Lipinski definition) is 4. The summed E-state index contributed by atoms with van der Waals surface area (Å²) < 4.78 is 12.0. The summed E-state index contributed by atoms with van der Waals surface area (Å²) in [5.41, 5.74) is 0. The molecule has 21 heavy (non-hydrogen) atoms. The van der Waals surface area contributed by atoms with Gasteiger partial charge >= 0.3 is 130 Å². The first-order valence-electron chi connectivity index (χ1n) is 9.42. The van der Waals surface area contributed by atoms with Crippen LogP contribution in [0.4, 0.5) is 0 Å². The molecule has 4 nitrogen and oxygen atoms in total. The molecule has 4 aliphatic rings. The Balaban J connectivity index is 1.71. The van der Waals surface area contributed by atoms with Crippen LogP contribution in [0, 0.1) is 0 Å². The molecular formula is C16H33N4P. The standard InChI is InChI=1S/C16H33N4P/c1-2-10-17(9-1)21(18-11-3-4-12-18,19-13-5-6-14-19)20-15-7-8-16-20/h21H,1-16H2. The minimum atomic E-state index is -1.73. The maximum atomic E-state index is 3.00. The van der Waals surface area contributed by atoms with Gasteiger partial charge in [0.25, 0.3) is 0 Å². The van der Waals surface area contributed by atoms with Crippen molar-refractivity contribution in [1.29, 1.82) is 0 Å². The molecule has 4 saturated heterocycles. The third kappa shape index (κ3) is 2.48. The van der Waals surface area contributed by atoms with Crippen LogP contribution >= 0.6 is 7.87 Å². The summed E-state index contributed by atoms with van der Waals surface area (Å²) in [6.07, 6.45) is 11.5. The van der Waals surface area contributed by atoms with Crippen molar-refractivity contribution < 1.29 is 0 Å². The Labute approximate surface area is 131 Å². The SMILES string of the molecule is C1CCN([PH](N2CCCC2)(N2CCCC2)N2CCCC2)C1. The molecule has 0 bridgehead atoms. The van der Waals surface area contributed by atoms with Crippen LogP contribution < -0.4 is 0 Å². The van der Waals surface area contributed by atoms with E-state index in [0.717, 1.165) is 0 Å². The third-order valence-electron chi connectivity index (χ3n) is 6.12. The van der Waals surface area contributed by atoms with E-state index in [4.69, 9.17) is 0 Å². The van der Waals surface area contributed by atoms with Crippen molar-refractivity contribution in [2.75, 3.05) is 52.4 Å². The van der Waals surface area contributed by atoms with Crippen molar-refractivity contribution in [2.45, 2.75) is 51.4 Å². The zero-order valence-electron chi connectivity index (χ0n) is 13.6. The Morgan fingerprint density at radius 3 is 0.714 bits per heavy atom. The number of rotatable bonds is 4. The molecule has 0 N–H and O–H groups in total. The molecule has 5 heteroatoms. The summed E-state index contributed by atoms with van der Waals surface area (Å²) >= 11 is 0. The van der Waals surface area contributed by atoms with Crippen LogP contribution in [0.3, 0.4) is 0 Å². The molecule has 0 aliphatic carbocycles. The Morgan fingerprint density at radius 2 is 0.524 bits per heavy atom. The van der Waals surface area contributed by atoms with Gasteiger partial charge in [0, 0.05) is 0 Å². The second-order valence-electron chi connectivity index (χ2n) is 7.38. The van der Waals surface area contributed by atoms with Crippen molar-refractivity contribution >= 4 is 7.87 Å². The van der Waals surface area contributed by atoms with E-state index in [1.54, 1.807) is 0 Å². The van der Waals surface area contributed by atoms with Crippen molar-refractivity contribution in [2.24, 2.45) is 0 Å². The van der Waals surface area contributed by atoms with Crippen LogP contribution in [0.15, 0.2) is 0 Å². The van der Waals surface area contributed by atoms with E-state index < -0.39 is 7.87 Å². The zero-order valence-corrected chi connectivity index (χ0v) is 14.6. The Bertz CT molecular complexity index is 271. The minimum absolute atomic E-state index is 1.37. The van der Waals surface area contributed by atoms with Crippen LogP contribution in [0.25, 0.3) is 0 Å². The molecule has 0 radical (unpaired) electrons. The van der Waals surface area contributed by atoms with Crippen molar-refractivity contribution in [3.8, 4) is 0 Å². The van der Waals surface area contributed by atoms with Gasteiger partial charge < -0.3 is 0 Å². The molecule has 0 aromatic heterocycles. The summed E-state index contributed by atoms with van der Waals surface area (Å²) in [4.78, 5) is 0. The van der Waals surface area contributed by atoms with Crippen molar-refractivity contribution in [3.05, 3.63) is 0 Å². The zero-order chi connectivity index (χ0) is 14.1. The van der Waals surface area contributed by atoms with Crippen LogP contribution in [0.1, 0.15) is 51.4 Å². The Hall–Kier alpha value is 0.270. The molecule has 4 rings (SSSR count). The number of hydrogen-bond donors (Lipinski definition) is 0. The molecule has 0 spiro atoms. The van der Waals surface area contributed by atoms with Crippen LogP contribution in [0.2, 0.25) is 0 Å². The molecule has 0 amide bonds. The quantitative estimate of drug-likeness (QED) is 0.740. The fourth-order valence-electron chi connectivity index (χ4n) is 5.27. The van der Waals surface area contributed by atoms with E-state index in [2.05, 4.69) is 18.7 Å². The molecule has 4 heterocycles. The van der Waals surface area contributed by atoms with Gasteiger partial charge in [-0.2, -0.15) is 0 Å². The fourth-order valence-corrected chi connectivity index (χ4v) is 11.3. The maximum absolute atomic E-state index is 3.00. The molecule has 122 valence electrons. The molecule has 0 unspecified atom stereocenters. The van der Waals surface area contributed by atoms with Crippen LogP contribution in [0.5, 0.6) is 0 Å². The average molecular weight is 312 g/mol. The topological polar surface area (TPSA) is 13.0 Å². The molecular weight excluding hydrogens is 279 g/mol. The van der Waals surface area contributed by atoms with Gasteiger partial charge in [0.05, 0.1) is 0 Å². The average Bonchev–Trinajstić information content (AvgIpc) is 3.32. The van der Waals surface area contributed by atoms with Gasteiger partial charge in [0.2, 0.25) is 0 Å². The van der Waals surface area contributed by atoms with Gasteiger partial charge in [-0.3, -0.25) is 0 Å². The Morgan fingerprint density at radius 1 is 0.333 bits per heavy atom. The predicted molar refractivity (Wildman–Crippen MR) is 91.5 cm³/mol. The molecule has 0 aromatic carbocycles. The first kappa shape index (κ1) is 14.8. The molecule has 0 saturated carbocycles. The molecule has 4 fully saturated rings. The summed E-state index contributed by atoms with van der Waals surface area (Å²) in [7, 11) is -1.73. The summed E-state index contributed by atoms with van der Waals surface area (Å²) in [5, 5.41) is 0. The first-order chi connectivity index (χ1) is 10.4. The summed E-state index contributed by atoms with van der Waals surface area (Å²) in [6, 6.07) is 0. The Kier molecular flexibility index (Phi) is 4.53. The van der Waals surface area contributed by atoms with Crippen LogP contribution in [-0.4, -0.2) is 71.0 Å².